The van der Waals surface area contributed by atoms with Crippen LogP contribution in [0, 0.1) is 11.3 Å². The summed E-state index contributed by atoms with van der Waals surface area (Å²) in [7, 11) is 0. The molecule has 1 saturated heterocycles. The maximum Gasteiger partial charge on any atom is 0.263 e. The van der Waals surface area contributed by atoms with Crippen LogP contribution >= 0.6 is 0 Å². The van der Waals surface area contributed by atoms with Crippen LogP contribution in [-0.2, 0) is 14.3 Å². The highest BCUT2D eigenvalue weighted by Crippen LogP contribution is 2.02. The van der Waals surface area contributed by atoms with Gasteiger partial charge in [0.15, 0.2) is 0 Å². The molecule has 1 aliphatic heterocycles. The Morgan fingerprint density at radius 1 is 1.38 bits per heavy atom. The smallest absolute Gasteiger partial charge is 0.263 e. The lowest BCUT2D eigenvalue weighted by Crippen LogP contribution is -2.34. The van der Waals surface area contributed by atoms with Gasteiger partial charge in [-0.3, -0.25) is 4.79 Å². The van der Waals surface area contributed by atoms with Crippen molar-refractivity contribution in [1.82, 2.24) is 10.2 Å². The van der Waals surface area contributed by atoms with E-state index in [-0.39, 0.29) is 11.5 Å². The van der Waals surface area contributed by atoms with Gasteiger partial charge in [-0.05, 0) is 12.8 Å². The van der Waals surface area contributed by atoms with Gasteiger partial charge in [0, 0.05) is 39.0 Å². The van der Waals surface area contributed by atoms with Gasteiger partial charge in [-0.2, -0.15) is 5.26 Å². The second-order valence-corrected chi connectivity index (χ2v) is 4.88. The van der Waals surface area contributed by atoms with Crippen molar-refractivity contribution in [3.63, 3.8) is 0 Å². The SMILES string of the molecule is CCCCOCCCNC(=O)/C(C#N)=C\N1CCOCC1. The molecule has 0 aromatic heterocycles. The molecule has 1 aliphatic rings. The van der Waals surface area contributed by atoms with Crippen LogP contribution in [-0.4, -0.2) is 56.9 Å². The van der Waals surface area contributed by atoms with Crippen LogP contribution < -0.4 is 5.32 Å². The number of carbonyl (C=O) groups excluding carboxylic acids is 1. The summed E-state index contributed by atoms with van der Waals surface area (Å²) in [5.41, 5.74) is 0.142. The van der Waals surface area contributed by atoms with E-state index in [0.717, 1.165) is 25.9 Å². The summed E-state index contributed by atoms with van der Waals surface area (Å²) in [5, 5.41) is 11.8. The Kier molecular flexibility index (Phi) is 9.25. The van der Waals surface area contributed by atoms with Crippen LogP contribution in [0.5, 0.6) is 0 Å². The van der Waals surface area contributed by atoms with Crippen LogP contribution in [0.25, 0.3) is 0 Å². The lowest BCUT2D eigenvalue weighted by Gasteiger charge is -2.25. The number of rotatable bonds is 9. The van der Waals surface area contributed by atoms with Gasteiger partial charge in [0.1, 0.15) is 11.6 Å². The molecular weight excluding hydrogens is 270 g/mol. The largest absolute Gasteiger partial charge is 0.381 e. The van der Waals surface area contributed by atoms with Gasteiger partial charge in [0.2, 0.25) is 0 Å². The number of carbonyl (C=O) groups is 1. The zero-order valence-corrected chi connectivity index (χ0v) is 12.8. The average Bonchev–Trinajstić information content (AvgIpc) is 2.52. The summed E-state index contributed by atoms with van der Waals surface area (Å²) >= 11 is 0. The second-order valence-electron chi connectivity index (χ2n) is 4.88. The summed E-state index contributed by atoms with van der Waals surface area (Å²) in [6, 6.07) is 1.95. The first-order valence-electron chi connectivity index (χ1n) is 7.57. The summed E-state index contributed by atoms with van der Waals surface area (Å²) in [5.74, 6) is -0.322. The molecule has 1 rings (SSSR count). The van der Waals surface area contributed by atoms with E-state index in [1.165, 1.54) is 0 Å². The van der Waals surface area contributed by atoms with E-state index in [1.807, 2.05) is 11.0 Å². The Balaban J connectivity index is 2.22. The maximum absolute atomic E-state index is 11.9. The lowest BCUT2D eigenvalue weighted by atomic mass is 10.2. The van der Waals surface area contributed by atoms with Gasteiger partial charge in [0.05, 0.1) is 13.2 Å². The predicted molar refractivity (Wildman–Crippen MR) is 79.4 cm³/mol. The number of nitrogens with one attached hydrogen (secondary N) is 1. The lowest BCUT2D eigenvalue weighted by molar-refractivity contribution is -0.117. The Morgan fingerprint density at radius 3 is 2.76 bits per heavy atom. The van der Waals surface area contributed by atoms with Gasteiger partial charge in [-0.15, -0.1) is 0 Å². The molecule has 0 spiro atoms. The van der Waals surface area contributed by atoms with Crippen molar-refractivity contribution in [2.24, 2.45) is 0 Å². The van der Waals surface area contributed by atoms with Crippen molar-refractivity contribution in [3.8, 4) is 6.07 Å². The number of ether oxygens (including phenoxy) is 2. The highest BCUT2D eigenvalue weighted by atomic mass is 16.5. The fraction of sp³-hybridized carbons (Fsp3) is 0.733. The fourth-order valence-corrected chi connectivity index (χ4v) is 1.85. The van der Waals surface area contributed by atoms with E-state index in [4.69, 9.17) is 14.7 Å². The summed E-state index contributed by atoms with van der Waals surface area (Å²) in [4.78, 5) is 13.8. The first kappa shape index (κ1) is 17.5. The van der Waals surface area contributed by atoms with Crippen LogP contribution in [0.4, 0.5) is 0 Å². The number of morpholine rings is 1. The Labute approximate surface area is 126 Å². The molecular formula is C15H25N3O3. The molecule has 0 aromatic carbocycles. The molecule has 0 bridgehead atoms. The summed E-state index contributed by atoms with van der Waals surface area (Å²) in [6.45, 7) is 6.73. The molecule has 1 N–H and O–H groups in total. The molecule has 0 aliphatic carbocycles. The van der Waals surface area contributed by atoms with Gasteiger partial charge in [0.25, 0.3) is 5.91 Å². The van der Waals surface area contributed by atoms with Gasteiger partial charge in [-0.25, -0.2) is 0 Å². The summed E-state index contributed by atoms with van der Waals surface area (Å²) < 4.78 is 10.6. The second kappa shape index (κ2) is 11.1. The number of hydrogen-bond donors (Lipinski definition) is 1. The molecule has 118 valence electrons. The monoisotopic (exact) mass is 295 g/mol. The van der Waals surface area contributed by atoms with E-state index in [0.29, 0.717) is 39.5 Å². The van der Waals surface area contributed by atoms with Crippen LogP contribution in [0.1, 0.15) is 26.2 Å². The molecule has 6 nitrogen and oxygen atoms in total. The zero-order chi connectivity index (χ0) is 15.3. The highest BCUT2D eigenvalue weighted by Gasteiger charge is 2.12. The van der Waals surface area contributed by atoms with E-state index in [2.05, 4.69) is 12.2 Å². The van der Waals surface area contributed by atoms with Crippen molar-refractivity contribution in [1.29, 1.82) is 5.26 Å². The van der Waals surface area contributed by atoms with Crippen molar-refractivity contribution in [2.45, 2.75) is 26.2 Å². The van der Waals surface area contributed by atoms with E-state index in [1.54, 1.807) is 6.20 Å². The Hall–Kier alpha value is -1.58. The molecule has 0 aromatic rings. The molecule has 0 radical (unpaired) electrons. The molecule has 0 saturated carbocycles. The first-order valence-corrected chi connectivity index (χ1v) is 7.57. The van der Waals surface area contributed by atoms with Gasteiger partial charge >= 0.3 is 0 Å². The third-order valence-electron chi connectivity index (χ3n) is 3.12. The minimum atomic E-state index is -0.322. The number of unbranched alkanes of at least 4 members (excludes halogenated alkanes) is 1. The van der Waals surface area contributed by atoms with Crippen molar-refractivity contribution in [2.75, 3.05) is 46.1 Å². The maximum atomic E-state index is 11.9. The van der Waals surface area contributed by atoms with Crippen LogP contribution in [0.3, 0.4) is 0 Å². The normalized spacial score (nSPS) is 15.6. The van der Waals surface area contributed by atoms with Gasteiger partial charge in [-0.1, -0.05) is 13.3 Å². The third kappa shape index (κ3) is 7.69. The molecule has 1 fully saturated rings. The quantitative estimate of drug-likeness (QED) is 0.391. The Bertz CT molecular complexity index is 371. The van der Waals surface area contributed by atoms with Crippen molar-refractivity contribution >= 4 is 5.91 Å². The molecule has 1 amide bonds. The standard InChI is InChI=1S/C15H25N3O3/c1-2-3-8-20-9-4-5-17-15(19)14(12-16)13-18-6-10-21-11-7-18/h13H,2-11H2,1H3,(H,17,19)/b14-13-. The molecule has 6 heteroatoms. The molecule has 0 atom stereocenters. The number of hydrogen-bond acceptors (Lipinski definition) is 5. The van der Waals surface area contributed by atoms with E-state index in [9.17, 15) is 4.79 Å². The van der Waals surface area contributed by atoms with Crippen molar-refractivity contribution < 1.29 is 14.3 Å². The van der Waals surface area contributed by atoms with E-state index >= 15 is 0 Å². The van der Waals surface area contributed by atoms with Crippen LogP contribution in [0.15, 0.2) is 11.8 Å². The predicted octanol–water partition coefficient (Wildman–Crippen LogP) is 1.05. The molecule has 1 heterocycles. The number of nitriles is 1. The zero-order valence-electron chi connectivity index (χ0n) is 12.8. The minimum Gasteiger partial charge on any atom is -0.381 e. The average molecular weight is 295 g/mol. The third-order valence-corrected chi connectivity index (χ3v) is 3.12. The highest BCUT2D eigenvalue weighted by molar-refractivity contribution is 5.97. The number of amides is 1. The minimum absolute atomic E-state index is 0.142. The van der Waals surface area contributed by atoms with Crippen molar-refractivity contribution in [3.05, 3.63) is 11.8 Å². The summed E-state index contributed by atoms with van der Waals surface area (Å²) in [6.07, 6.45) is 4.56. The first-order chi connectivity index (χ1) is 10.3. The number of nitrogens with zero attached hydrogens (tertiary/aromatic N) is 2. The van der Waals surface area contributed by atoms with Crippen LogP contribution in [0.2, 0.25) is 0 Å². The van der Waals surface area contributed by atoms with E-state index < -0.39 is 0 Å². The fourth-order valence-electron chi connectivity index (χ4n) is 1.85. The van der Waals surface area contributed by atoms with Gasteiger partial charge < -0.3 is 19.7 Å². The topological polar surface area (TPSA) is 74.6 Å². The molecule has 0 unspecified atom stereocenters. The molecule has 21 heavy (non-hydrogen) atoms. The Morgan fingerprint density at radius 2 is 2.10 bits per heavy atom.